The van der Waals surface area contributed by atoms with E-state index in [0.717, 1.165) is 37.2 Å². The van der Waals surface area contributed by atoms with Gasteiger partial charge in [0.2, 0.25) is 5.91 Å². The summed E-state index contributed by atoms with van der Waals surface area (Å²) >= 11 is 0. The van der Waals surface area contributed by atoms with Crippen molar-refractivity contribution < 1.29 is 14.3 Å². The summed E-state index contributed by atoms with van der Waals surface area (Å²) in [6.45, 7) is 5.08. The second-order valence-corrected chi connectivity index (χ2v) is 9.41. The lowest BCUT2D eigenvalue weighted by molar-refractivity contribution is -0.126. The van der Waals surface area contributed by atoms with Gasteiger partial charge in [-0.3, -0.25) is 4.79 Å². The molecule has 2 aliphatic rings. The van der Waals surface area contributed by atoms with Crippen LogP contribution in [0.4, 0.5) is 0 Å². The van der Waals surface area contributed by atoms with Gasteiger partial charge in [-0.05, 0) is 73.3 Å². The maximum Gasteiger partial charge on any atom is 0.223 e. The van der Waals surface area contributed by atoms with Crippen LogP contribution in [0, 0.1) is 5.92 Å². The Morgan fingerprint density at radius 1 is 1.03 bits per heavy atom. The third-order valence-electron chi connectivity index (χ3n) is 6.85. The van der Waals surface area contributed by atoms with Gasteiger partial charge in [-0.2, -0.15) is 0 Å². The van der Waals surface area contributed by atoms with E-state index >= 15 is 0 Å². The van der Waals surface area contributed by atoms with Crippen LogP contribution in [-0.4, -0.2) is 25.7 Å². The monoisotopic (exact) mass is 421 g/mol. The highest BCUT2D eigenvalue weighted by Crippen LogP contribution is 2.37. The number of carbonyl (C=O) groups excluding carboxylic acids is 1. The minimum absolute atomic E-state index is 0.00930. The van der Waals surface area contributed by atoms with Gasteiger partial charge in [0.05, 0.1) is 13.2 Å². The predicted octanol–water partition coefficient (Wildman–Crippen LogP) is 5.60. The van der Waals surface area contributed by atoms with Crippen LogP contribution in [-0.2, 0) is 11.2 Å². The van der Waals surface area contributed by atoms with Crippen molar-refractivity contribution in [3.8, 4) is 11.5 Å². The fourth-order valence-corrected chi connectivity index (χ4v) is 4.88. The molecule has 0 aromatic heterocycles. The molecule has 1 amide bonds. The molecule has 0 radical (unpaired) electrons. The zero-order chi connectivity index (χ0) is 21.8. The van der Waals surface area contributed by atoms with E-state index in [1.165, 1.54) is 29.5 Å². The van der Waals surface area contributed by atoms with Crippen molar-refractivity contribution in [3.63, 3.8) is 0 Å². The SMILES string of the molecule is COc1ccc([C@H]2CNC(=O)[C@H](Cc3ccc(C(C)C)cc3)C2)cc1OC1CCCC1. The van der Waals surface area contributed by atoms with Crippen LogP contribution >= 0.6 is 0 Å². The van der Waals surface area contributed by atoms with Gasteiger partial charge in [-0.25, -0.2) is 0 Å². The lowest BCUT2D eigenvalue weighted by atomic mass is 9.82. The van der Waals surface area contributed by atoms with Crippen LogP contribution in [0.5, 0.6) is 11.5 Å². The van der Waals surface area contributed by atoms with E-state index in [4.69, 9.17) is 9.47 Å². The minimum atomic E-state index is -0.00930. The third kappa shape index (κ3) is 5.23. The maximum absolute atomic E-state index is 12.6. The normalized spacial score (nSPS) is 21.9. The van der Waals surface area contributed by atoms with E-state index in [0.29, 0.717) is 12.5 Å². The summed E-state index contributed by atoms with van der Waals surface area (Å²) in [5, 5.41) is 3.14. The lowest BCUT2D eigenvalue weighted by Crippen LogP contribution is -2.41. The number of methoxy groups -OCH3 is 1. The lowest BCUT2D eigenvalue weighted by Gasteiger charge is -2.30. The summed E-state index contributed by atoms with van der Waals surface area (Å²) in [6, 6.07) is 15.0. The Bertz CT molecular complexity index is 884. The molecule has 4 heteroatoms. The summed E-state index contributed by atoms with van der Waals surface area (Å²) in [7, 11) is 1.69. The first-order chi connectivity index (χ1) is 15.0. The van der Waals surface area contributed by atoms with Crippen molar-refractivity contribution in [2.45, 2.75) is 70.3 Å². The van der Waals surface area contributed by atoms with Gasteiger partial charge in [0.15, 0.2) is 11.5 Å². The molecule has 1 aliphatic carbocycles. The molecule has 1 N–H and O–H groups in total. The molecular weight excluding hydrogens is 386 g/mol. The van der Waals surface area contributed by atoms with E-state index in [1.807, 2.05) is 6.07 Å². The molecule has 0 unspecified atom stereocenters. The van der Waals surface area contributed by atoms with E-state index in [1.54, 1.807) is 7.11 Å². The molecule has 0 bridgehead atoms. The van der Waals surface area contributed by atoms with Gasteiger partial charge in [-0.1, -0.05) is 44.2 Å². The molecule has 4 nitrogen and oxygen atoms in total. The van der Waals surface area contributed by atoms with Crippen molar-refractivity contribution in [1.29, 1.82) is 0 Å². The number of hydrogen-bond donors (Lipinski definition) is 1. The number of nitrogens with one attached hydrogen (secondary N) is 1. The molecule has 2 fully saturated rings. The number of benzene rings is 2. The zero-order valence-corrected chi connectivity index (χ0v) is 19.0. The second-order valence-electron chi connectivity index (χ2n) is 9.41. The van der Waals surface area contributed by atoms with Gasteiger partial charge >= 0.3 is 0 Å². The number of carbonyl (C=O) groups is 1. The van der Waals surface area contributed by atoms with Gasteiger partial charge in [-0.15, -0.1) is 0 Å². The van der Waals surface area contributed by atoms with E-state index in [-0.39, 0.29) is 23.8 Å². The van der Waals surface area contributed by atoms with Gasteiger partial charge in [0.1, 0.15) is 0 Å². The van der Waals surface area contributed by atoms with Gasteiger partial charge < -0.3 is 14.8 Å². The summed E-state index contributed by atoms with van der Waals surface area (Å²) < 4.78 is 11.8. The molecule has 1 saturated heterocycles. The Morgan fingerprint density at radius 3 is 2.45 bits per heavy atom. The first-order valence-electron chi connectivity index (χ1n) is 11.7. The third-order valence-corrected chi connectivity index (χ3v) is 6.85. The molecule has 2 aromatic rings. The predicted molar refractivity (Wildman–Crippen MR) is 124 cm³/mol. The fourth-order valence-electron chi connectivity index (χ4n) is 4.88. The van der Waals surface area contributed by atoms with E-state index < -0.39 is 0 Å². The highest BCUT2D eigenvalue weighted by atomic mass is 16.5. The number of amides is 1. The van der Waals surface area contributed by atoms with Crippen LogP contribution in [0.3, 0.4) is 0 Å². The average Bonchev–Trinajstić information content (AvgIpc) is 3.29. The standard InChI is InChI=1S/C27H35NO3/c1-18(2)20-10-8-19(9-11-20)14-22-15-23(17-28-27(22)29)21-12-13-25(30-3)26(16-21)31-24-6-4-5-7-24/h8-13,16,18,22-24H,4-7,14-15,17H2,1-3H3,(H,28,29)/t22-,23-/m1/s1. The van der Waals surface area contributed by atoms with Crippen LogP contribution in [0.25, 0.3) is 0 Å². The van der Waals surface area contributed by atoms with Crippen LogP contribution in [0.1, 0.15) is 74.5 Å². The quantitative estimate of drug-likeness (QED) is 0.633. The molecule has 1 heterocycles. The molecule has 4 rings (SSSR count). The molecule has 1 aliphatic heterocycles. The van der Waals surface area contributed by atoms with Crippen LogP contribution in [0.2, 0.25) is 0 Å². The van der Waals surface area contributed by atoms with Crippen molar-refractivity contribution in [3.05, 3.63) is 59.2 Å². The number of piperidine rings is 1. The Kier molecular flexibility index (Phi) is 6.84. The largest absolute Gasteiger partial charge is 0.493 e. The molecule has 2 aromatic carbocycles. The summed E-state index contributed by atoms with van der Waals surface area (Å²) in [4.78, 5) is 12.6. The number of ether oxygens (including phenoxy) is 2. The van der Waals surface area contributed by atoms with Crippen molar-refractivity contribution in [2.24, 2.45) is 5.92 Å². The van der Waals surface area contributed by atoms with Gasteiger partial charge in [0.25, 0.3) is 0 Å². The Morgan fingerprint density at radius 2 is 1.77 bits per heavy atom. The first kappa shape index (κ1) is 21.7. The summed E-state index contributed by atoms with van der Waals surface area (Å²) in [6.07, 6.45) is 6.63. The summed E-state index contributed by atoms with van der Waals surface area (Å²) in [5.41, 5.74) is 3.78. The molecule has 2 atom stereocenters. The molecular formula is C27H35NO3. The van der Waals surface area contributed by atoms with Crippen LogP contribution in [0.15, 0.2) is 42.5 Å². The minimum Gasteiger partial charge on any atom is -0.493 e. The Hall–Kier alpha value is -2.49. The Balaban J connectivity index is 1.47. The number of rotatable bonds is 7. The highest BCUT2D eigenvalue weighted by Gasteiger charge is 2.30. The smallest absolute Gasteiger partial charge is 0.223 e. The molecule has 31 heavy (non-hydrogen) atoms. The highest BCUT2D eigenvalue weighted by molar-refractivity contribution is 5.80. The zero-order valence-electron chi connectivity index (χ0n) is 19.0. The average molecular weight is 422 g/mol. The first-order valence-corrected chi connectivity index (χ1v) is 11.7. The van der Waals surface area contributed by atoms with Crippen molar-refractivity contribution >= 4 is 5.91 Å². The molecule has 1 saturated carbocycles. The molecule has 166 valence electrons. The van der Waals surface area contributed by atoms with E-state index in [2.05, 4.69) is 55.6 Å². The van der Waals surface area contributed by atoms with Gasteiger partial charge in [0, 0.05) is 18.4 Å². The fraction of sp³-hybridized carbons (Fsp3) is 0.519. The van der Waals surface area contributed by atoms with Crippen LogP contribution < -0.4 is 14.8 Å². The summed E-state index contributed by atoms with van der Waals surface area (Å²) in [5.74, 6) is 2.59. The second kappa shape index (κ2) is 9.76. The topological polar surface area (TPSA) is 47.6 Å². The molecule has 0 spiro atoms. The maximum atomic E-state index is 12.6. The number of hydrogen-bond acceptors (Lipinski definition) is 3. The van der Waals surface area contributed by atoms with Crippen molar-refractivity contribution in [1.82, 2.24) is 5.32 Å². The van der Waals surface area contributed by atoms with Crippen molar-refractivity contribution in [2.75, 3.05) is 13.7 Å². The Labute approximate surface area is 186 Å². The van der Waals surface area contributed by atoms with E-state index in [9.17, 15) is 4.79 Å².